The molecule has 0 radical (unpaired) electrons. The van der Waals surface area contributed by atoms with Gasteiger partial charge < -0.3 is 10.1 Å². The highest BCUT2D eigenvalue weighted by molar-refractivity contribution is 7.22. The number of thiazole rings is 1. The monoisotopic (exact) mass is 458 g/mol. The number of hydrogen-bond acceptors (Lipinski definition) is 6. The number of fused-ring (bicyclic) bond motifs is 1. The van der Waals surface area contributed by atoms with Crippen LogP contribution in [0.3, 0.4) is 0 Å². The molecule has 1 amide bonds. The van der Waals surface area contributed by atoms with Crippen LogP contribution in [0.4, 0.5) is 10.8 Å². The Labute approximate surface area is 191 Å². The van der Waals surface area contributed by atoms with E-state index >= 15 is 0 Å². The quantitative estimate of drug-likeness (QED) is 0.317. The minimum absolute atomic E-state index is 0.124. The van der Waals surface area contributed by atoms with Crippen LogP contribution in [0.2, 0.25) is 5.02 Å². The van der Waals surface area contributed by atoms with E-state index in [0.29, 0.717) is 10.8 Å². The van der Waals surface area contributed by atoms with Crippen molar-refractivity contribution in [1.29, 1.82) is 0 Å². The molecule has 1 heterocycles. The smallest absolute Gasteiger partial charge is 0.262 e. The van der Waals surface area contributed by atoms with Gasteiger partial charge in [-0.15, -0.1) is 0 Å². The lowest BCUT2D eigenvalue weighted by molar-refractivity contribution is -0.118. The van der Waals surface area contributed by atoms with Crippen LogP contribution in [0, 0.1) is 27.7 Å². The summed E-state index contributed by atoms with van der Waals surface area (Å²) in [6, 6.07) is 5.77. The van der Waals surface area contributed by atoms with Crippen molar-refractivity contribution in [2.75, 3.05) is 17.3 Å². The van der Waals surface area contributed by atoms with Gasteiger partial charge in [-0.25, -0.2) is 4.98 Å². The summed E-state index contributed by atoms with van der Waals surface area (Å²) in [5.41, 5.74) is 9.53. The van der Waals surface area contributed by atoms with Gasteiger partial charge in [0, 0.05) is 11.4 Å². The number of ether oxygens (including phenoxy) is 1. The number of aryl methyl sites for hydroxylation is 4. The zero-order valence-corrected chi connectivity index (χ0v) is 20.2. The topological polar surface area (TPSA) is 75.6 Å². The van der Waals surface area contributed by atoms with Gasteiger partial charge in [0.05, 0.1) is 15.2 Å². The highest BCUT2D eigenvalue weighted by Gasteiger charge is 2.16. The Morgan fingerprint density at radius 2 is 1.94 bits per heavy atom. The van der Waals surface area contributed by atoms with Crippen LogP contribution in [-0.4, -0.2) is 23.2 Å². The number of anilines is 2. The minimum atomic E-state index is -0.243. The molecule has 0 bridgehead atoms. The first-order valence-electron chi connectivity index (χ1n) is 10.1. The molecule has 31 heavy (non-hydrogen) atoms. The molecule has 0 aliphatic heterocycles. The van der Waals surface area contributed by atoms with Crippen molar-refractivity contribution >= 4 is 55.6 Å². The molecule has 0 saturated carbocycles. The number of nitrogens with zero attached hydrogens (tertiary/aromatic N) is 2. The molecule has 0 saturated heterocycles. The van der Waals surface area contributed by atoms with E-state index in [4.69, 9.17) is 16.3 Å². The fraction of sp³-hybridized carbons (Fsp3) is 0.348. The number of aromatic nitrogens is 1. The van der Waals surface area contributed by atoms with Gasteiger partial charge in [0.2, 0.25) is 5.13 Å². The van der Waals surface area contributed by atoms with Gasteiger partial charge in [-0.2, -0.15) is 5.10 Å². The second-order valence-electron chi connectivity index (χ2n) is 7.60. The number of hydrogen-bond donors (Lipinski definition) is 2. The molecule has 6 nitrogen and oxygen atoms in total. The minimum Gasteiger partial charge on any atom is -0.482 e. The Morgan fingerprint density at radius 1 is 1.19 bits per heavy atom. The molecule has 0 aliphatic carbocycles. The van der Waals surface area contributed by atoms with Crippen LogP contribution in [0.15, 0.2) is 23.3 Å². The summed E-state index contributed by atoms with van der Waals surface area (Å²) in [5, 5.41) is 8.53. The molecular weight excluding hydrogens is 432 g/mol. The first-order valence-corrected chi connectivity index (χ1v) is 11.3. The standard InChI is InChI=1S/C23H27ClN4O2S/c1-7-15(5)27-28-23-25-18-10-13(3)20(16(6)22(18)31-23)26-19(29)11-30-21-14(4)8-12(2)9-17(21)24/h8-10H,7,11H2,1-6H3,(H,25,28)(H,26,29)/b27-15-. The maximum absolute atomic E-state index is 12.6. The normalized spacial score (nSPS) is 11.6. The Bertz CT molecular complexity index is 1150. The van der Waals surface area contributed by atoms with Crippen LogP contribution >= 0.6 is 22.9 Å². The molecule has 8 heteroatoms. The molecule has 0 unspecified atom stereocenters. The zero-order chi connectivity index (χ0) is 22.7. The lowest BCUT2D eigenvalue weighted by atomic mass is 10.1. The van der Waals surface area contributed by atoms with Gasteiger partial charge in [0.1, 0.15) is 5.75 Å². The SMILES string of the molecule is CC/C(C)=N\Nc1nc2cc(C)c(NC(=O)COc3c(C)cc(C)cc3Cl)c(C)c2s1. The third kappa shape index (κ3) is 5.35. The van der Waals surface area contributed by atoms with Crippen molar-refractivity contribution in [3.63, 3.8) is 0 Å². The van der Waals surface area contributed by atoms with Crippen LogP contribution in [0.1, 0.15) is 42.5 Å². The Balaban J connectivity index is 1.77. The van der Waals surface area contributed by atoms with E-state index in [0.717, 1.165) is 55.4 Å². The number of carbonyl (C=O) groups excluding carboxylic acids is 1. The maximum atomic E-state index is 12.6. The highest BCUT2D eigenvalue weighted by Crippen LogP contribution is 2.35. The number of benzene rings is 2. The lowest BCUT2D eigenvalue weighted by Gasteiger charge is -2.14. The molecule has 0 fully saturated rings. The summed E-state index contributed by atoms with van der Waals surface area (Å²) < 4.78 is 6.72. The molecule has 3 aromatic rings. The third-order valence-corrected chi connectivity index (χ3v) is 6.33. The van der Waals surface area contributed by atoms with Crippen LogP contribution < -0.4 is 15.5 Å². The fourth-order valence-electron chi connectivity index (χ4n) is 3.25. The number of amides is 1. The van der Waals surface area contributed by atoms with Crippen molar-refractivity contribution < 1.29 is 9.53 Å². The van der Waals surface area contributed by atoms with Crippen LogP contribution in [-0.2, 0) is 4.79 Å². The van der Waals surface area contributed by atoms with E-state index in [-0.39, 0.29) is 12.5 Å². The van der Waals surface area contributed by atoms with E-state index in [1.165, 1.54) is 11.3 Å². The summed E-state index contributed by atoms with van der Waals surface area (Å²) in [6.45, 7) is 11.7. The van der Waals surface area contributed by atoms with Crippen molar-refractivity contribution in [2.24, 2.45) is 5.10 Å². The molecule has 164 valence electrons. The number of carbonyl (C=O) groups is 1. The number of nitrogens with one attached hydrogen (secondary N) is 2. The van der Waals surface area contributed by atoms with Gasteiger partial charge >= 0.3 is 0 Å². The fourth-order valence-corrected chi connectivity index (χ4v) is 4.51. The second kappa shape index (κ2) is 9.66. The lowest BCUT2D eigenvalue weighted by Crippen LogP contribution is -2.21. The predicted octanol–water partition coefficient (Wildman–Crippen LogP) is 6.40. The summed E-state index contributed by atoms with van der Waals surface area (Å²) >= 11 is 7.79. The van der Waals surface area contributed by atoms with E-state index in [1.54, 1.807) is 0 Å². The van der Waals surface area contributed by atoms with Gasteiger partial charge in [-0.05, 0) is 75.4 Å². The van der Waals surface area contributed by atoms with Crippen LogP contribution in [0.25, 0.3) is 10.2 Å². The second-order valence-corrected chi connectivity index (χ2v) is 9.01. The molecule has 0 atom stereocenters. The predicted molar refractivity (Wildman–Crippen MR) is 131 cm³/mol. The molecule has 0 spiro atoms. The van der Waals surface area contributed by atoms with Gasteiger partial charge in [-0.3, -0.25) is 10.2 Å². The van der Waals surface area contributed by atoms with Crippen molar-refractivity contribution in [3.05, 3.63) is 45.5 Å². The van der Waals surface area contributed by atoms with Crippen LogP contribution in [0.5, 0.6) is 5.75 Å². The Hall–Kier alpha value is -2.64. The van der Waals surface area contributed by atoms with E-state index in [9.17, 15) is 4.79 Å². The largest absolute Gasteiger partial charge is 0.482 e. The summed E-state index contributed by atoms with van der Waals surface area (Å²) in [4.78, 5) is 17.2. The Morgan fingerprint density at radius 3 is 2.61 bits per heavy atom. The number of rotatable bonds is 7. The highest BCUT2D eigenvalue weighted by atomic mass is 35.5. The summed E-state index contributed by atoms with van der Waals surface area (Å²) in [6.07, 6.45) is 0.877. The first kappa shape index (κ1) is 23.0. The number of hydrazone groups is 1. The summed E-state index contributed by atoms with van der Waals surface area (Å²) in [7, 11) is 0. The van der Waals surface area contributed by atoms with Crippen molar-refractivity contribution in [3.8, 4) is 5.75 Å². The first-order chi connectivity index (χ1) is 14.7. The molecule has 3 rings (SSSR count). The zero-order valence-electron chi connectivity index (χ0n) is 18.6. The van der Waals surface area contributed by atoms with Gasteiger partial charge in [0.25, 0.3) is 5.91 Å². The maximum Gasteiger partial charge on any atom is 0.262 e. The van der Waals surface area contributed by atoms with E-state index < -0.39 is 0 Å². The molecule has 1 aromatic heterocycles. The van der Waals surface area contributed by atoms with Crippen molar-refractivity contribution in [2.45, 2.75) is 48.0 Å². The number of halogens is 1. The molecule has 2 aromatic carbocycles. The average Bonchev–Trinajstić information content (AvgIpc) is 3.11. The van der Waals surface area contributed by atoms with E-state index in [1.807, 2.05) is 52.8 Å². The van der Waals surface area contributed by atoms with E-state index in [2.05, 4.69) is 27.8 Å². The summed E-state index contributed by atoms with van der Waals surface area (Å²) in [5.74, 6) is 0.292. The molecule has 0 aliphatic rings. The Kier molecular flexibility index (Phi) is 7.18. The molecule has 2 N–H and O–H groups in total. The van der Waals surface area contributed by atoms with Crippen molar-refractivity contribution in [1.82, 2.24) is 4.98 Å². The van der Waals surface area contributed by atoms with Gasteiger partial charge in [-0.1, -0.05) is 35.9 Å². The third-order valence-electron chi connectivity index (χ3n) is 4.96. The molecular formula is C23H27ClN4O2S. The van der Waals surface area contributed by atoms with Gasteiger partial charge in [0.15, 0.2) is 6.61 Å². The average molecular weight is 459 g/mol.